The molecule has 110 valence electrons. The van der Waals surface area contributed by atoms with Crippen molar-refractivity contribution in [2.45, 2.75) is 31.8 Å². The molecule has 0 aromatic carbocycles. The van der Waals surface area contributed by atoms with E-state index in [1.54, 1.807) is 5.38 Å². The Labute approximate surface area is 121 Å². The SMILES string of the molecule is O=C(NCCOC1CCCC1)Nc1sccc1C(=O)O. The highest BCUT2D eigenvalue weighted by atomic mass is 32.1. The van der Waals surface area contributed by atoms with E-state index in [-0.39, 0.29) is 5.56 Å². The summed E-state index contributed by atoms with van der Waals surface area (Å²) < 4.78 is 5.62. The van der Waals surface area contributed by atoms with Gasteiger partial charge in [-0.05, 0) is 24.3 Å². The van der Waals surface area contributed by atoms with Crippen LogP contribution in [0.25, 0.3) is 0 Å². The predicted molar refractivity (Wildman–Crippen MR) is 76.5 cm³/mol. The van der Waals surface area contributed by atoms with E-state index in [2.05, 4.69) is 10.6 Å². The number of carbonyl (C=O) groups is 2. The zero-order valence-corrected chi connectivity index (χ0v) is 11.9. The van der Waals surface area contributed by atoms with Crippen molar-refractivity contribution in [3.05, 3.63) is 17.0 Å². The molecule has 20 heavy (non-hydrogen) atoms. The molecular weight excluding hydrogens is 280 g/mol. The van der Waals surface area contributed by atoms with Gasteiger partial charge in [-0.15, -0.1) is 11.3 Å². The van der Waals surface area contributed by atoms with E-state index < -0.39 is 12.0 Å². The molecule has 1 aliphatic carbocycles. The Bertz CT molecular complexity index is 469. The minimum Gasteiger partial charge on any atom is -0.478 e. The lowest BCUT2D eigenvalue weighted by atomic mass is 10.3. The van der Waals surface area contributed by atoms with Crippen molar-refractivity contribution >= 4 is 28.3 Å². The third kappa shape index (κ3) is 4.21. The average Bonchev–Trinajstić information content (AvgIpc) is 3.05. The Kier molecular flexibility index (Phi) is 5.37. The van der Waals surface area contributed by atoms with Gasteiger partial charge in [-0.25, -0.2) is 9.59 Å². The van der Waals surface area contributed by atoms with Gasteiger partial charge in [-0.3, -0.25) is 5.32 Å². The molecule has 3 N–H and O–H groups in total. The molecule has 0 saturated heterocycles. The molecule has 2 rings (SSSR count). The number of carboxylic acids is 1. The number of carbonyl (C=O) groups excluding carboxylic acids is 1. The Balaban J connectivity index is 1.67. The third-order valence-electron chi connectivity index (χ3n) is 3.17. The highest BCUT2D eigenvalue weighted by molar-refractivity contribution is 7.14. The molecule has 1 aromatic heterocycles. The van der Waals surface area contributed by atoms with Gasteiger partial charge in [0.2, 0.25) is 0 Å². The van der Waals surface area contributed by atoms with Gasteiger partial charge in [0.05, 0.1) is 18.3 Å². The van der Waals surface area contributed by atoms with Crippen LogP contribution in [0.4, 0.5) is 9.80 Å². The number of thiophene rings is 1. The summed E-state index contributed by atoms with van der Waals surface area (Å²) in [4.78, 5) is 22.5. The van der Waals surface area contributed by atoms with E-state index >= 15 is 0 Å². The van der Waals surface area contributed by atoms with Crippen molar-refractivity contribution in [3.63, 3.8) is 0 Å². The number of amides is 2. The summed E-state index contributed by atoms with van der Waals surface area (Å²) in [5.41, 5.74) is 0.104. The molecule has 6 nitrogen and oxygen atoms in total. The highest BCUT2D eigenvalue weighted by Gasteiger charge is 2.15. The number of carboxylic acid groups (broad SMARTS) is 1. The normalized spacial score (nSPS) is 15.2. The summed E-state index contributed by atoms with van der Waals surface area (Å²) in [5, 5.41) is 16.1. The first-order valence-corrected chi connectivity index (χ1v) is 7.52. The van der Waals surface area contributed by atoms with Crippen molar-refractivity contribution in [3.8, 4) is 0 Å². The molecule has 0 unspecified atom stereocenters. The number of ether oxygens (including phenoxy) is 1. The monoisotopic (exact) mass is 298 g/mol. The van der Waals surface area contributed by atoms with E-state index in [4.69, 9.17) is 9.84 Å². The zero-order chi connectivity index (χ0) is 14.4. The lowest BCUT2D eigenvalue weighted by Crippen LogP contribution is -2.32. The van der Waals surface area contributed by atoms with Gasteiger partial charge in [0.15, 0.2) is 0 Å². The van der Waals surface area contributed by atoms with Crippen LogP contribution in [0.3, 0.4) is 0 Å². The summed E-state index contributed by atoms with van der Waals surface area (Å²) in [6, 6.07) is 1.05. The fourth-order valence-corrected chi connectivity index (χ4v) is 2.94. The second kappa shape index (κ2) is 7.25. The van der Waals surface area contributed by atoms with Crippen LogP contribution < -0.4 is 10.6 Å². The maximum Gasteiger partial charge on any atom is 0.338 e. The van der Waals surface area contributed by atoms with Crippen LogP contribution in [0.5, 0.6) is 0 Å². The van der Waals surface area contributed by atoms with Gasteiger partial charge in [-0.1, -0.05) is 12.8 Å². The molecule has 0 atom stereocenters. The number of nitrogens with one attached hydrogen (secondary N) is 2. The van der Waals surface area contributed by atoms with Gasteiger partial charge in [-0.2, -0.15) is 0 Å². The van der Waals surface area contributed by atoms with Crippen LogP contribution in [0.1, 0.15) is 36.0 Å². The topological polar surface area (TPSA) is 87.7 Å². The van der Waals surface area contributed by atoms with Crippen LogP contribution in [0, 0.1) is 0 Å². The van der Waals surface area contributed by atoms with Gasteiger partial charge in [0, 0.05) is 6.54 Å². The number of hydrogen-bond acceptors (Lipinski definition) is 4. The smallest absolute Gasteiger partial charge is 0.338 e. The molecule has 1 fully saturated rings. The highest BCUT2D eigenvalue weighted by Crippen LogP contribution is 2.23. The van der Waals surface area contributed by atoms with Gasteiger partial charge in [0.25, 0.3) is 0 Å². The van der Waals surface area contributed by atoms with E-state index in [0.717, 1.165) is 12.8 Å². The third-order valence-corrected chi connectivity index (χ3v) is 4.00. The number of rotatable bonds is 6. The van der Waals surface area contributed by atoms with Gasteiger partial charge in [0.1, 0.15) is 5.00 Å². The molecule has 1 aliphatic rings. The van der Waals surface area contributed by atoms with Crippen LogP contribution in [0.15, 0.2) is 11.4 Å². The van der Waals surface area contributed by atoms with Crippen LogP contribution in [0.2, 0.25) is 0 Å². The summed E-state index contributed by atoms with van der Waals surface area (Å²) in [7, 11) is 0. The van der Waals surface area contributed by atoms with E-state index in [1.165, 1.54) is 30.2 Å². The molecule has 0 bridgehead atoms. The van der Waals surface area contributed by atoms with Crippen LogP contribution in [-0.2, 0) is 4.74 Å². The number of aromatic carboxylic acids is 1. The number of urea groups is 1. The van der Waals surface area contributed by atoms with E-state index in [9.17, 15) is 9.59 Å². The molecule has 1 aromatic rings. The Morgan fingerprint density at radius 3 is 2.85 bits per heavy atom. The zero-order valence-electron chi connectivity index (χ0n) is 11.1. The van der Waals surface area contributed by atoms with Crippen molar-refractivity contribution in [2.24, 2.45) is 0 Å². The van der Waals surface area contributed by atoms with E-state index in [0.29, 0.717) is 24.3 Å². The average molecular weight is 298 g/mol. The molecule has 0 aliphatic heterocycles. The first kappa shape index (κ1) is 14.8. The largest absolute Gasteiger partial charge is 0.478 e. The lowest BCUT2D eigenvalue weighted by molar-refractivity contribution is 0.0615. The van der Waals surface area contributed by atoms with Gasteiger partial charge >= 0.3 is 12.0 Å². The number of hydrogen-bond donors (Lipinski definition) is 3. The van der Waals surface area contributed by atoms with Crippen LogP contribution >= 0.6 is 11.3 Å². The maximum absolute atomic E-state index is 11.6. The summed E-state index contributed by atoms with van der Waals surface area (Å²) in [6.07, 6.45) is 4.96. The fourth-order valence-electron chi connectivity index (χ4n) is 2.17. The molecule has 0 spiro atoms. The first-order chi connectivity index (χ1) is 9.66. The summed E-state index contributed by atoms with van der Waals surface area (Å²) >= 11 is 1.18. The maximum atomic E-state index is 11.6. The Morgan fingerprint density at radius 1 is 1.40 bits per heavy atom. The van der Waals surface area contributed by atoms with Crippen molar-refractivity contribution in [2.75, 3.05) is 18.5 Å². The van der Waals surface area contributed by atoms with Crippen molar-refractivity contribution < 1.29 is 19.4 Å². The standard InChI is InChI=1S/C13H18N2O4S/c16-12(17)10-5-8-20-11(10)15-13(18)14-6-7-19-9-3-1-2-4-9/h5,8-9H,1-4,6-7H2,(H,16,17)(H2,14,15,18). The van der Waals surface area contributed by atoms with E-state index in [1.807, 2.05) is 0 Å². The Hall–Kier alpha value is -1.60. The molecular formula is C13H18N2O4S. The quantitative estimate of drug-likeness (QED) is 0.704. The lowest BCUT2D eigenvalue weighted by Gasteiger charge is -2.11. The number of anilines is 1. The second-order valence-electron chi connectivity index (χ2n) is 4.63. The molecule has 0 radical (unpaired) electrons. The van der Waals surface area contributed by atoms with Crippen molar-refractivity contribution in [1.82, 2.24) is 5.32 Å². The van der Waals surface area contributed by atoms with Crippen LogP contribution in [-0.4, -0.2) is 36.4 Å². The Morgan fingerprint density at radius 2 is 2.15 bits per heavy atom. The molecule has 7 heteroatoms. The molecule has 1 heterocycles. The second-order valence-corrected chi connectivity index (χ2v) is 5.54. The first-order valence-electron chi connectivity index (χ1n) is 6.64. The minimum atomic E-state index is -1.05. The predicted octanol–water partition coefficient (Wildman–Crippen LogP) is 2.53. The minimum absolute atomic E-state index is 0.104. The van der Waals surface area contributed by atoms with Gasteiger partial charge < -0.3 is 15.2 Å². The molecule has 1 saturated carbocycles. The van der Waals surface area contributed by atoms with Crippen molar-refractivity contribution in [1.29, 1.82) is 0 Å². The fraction of sp³-hybridized carbons (Fsp3) is 0.538. The summed E-state index contributed by atoms with van der Waals surface area (Å²) in [6.45, 7) is 0.893. The summed E-state index contributed by atoms with van der Waals surface area (Å²) in [5.74, 6) is -1.05. The molecule has 2 amide bonds.